The van der Waals surface area contributed by atoms with E-state index in [-0.39, 0.29) is 24.3 Å². The molecule has 1 aliphatic heterocycles. The van der Waals surface area contributed by atoms with Gasteiger partial charge in [0.1, 0.15) is 0 Å². The van der Waals surface area contributed by atoms with Crippen LogP contribution in [0.4, 0.5) is 0 Å². The van der Waals surface area contributed by atoms with Crippen LogP contribution < -0.4 is 4.72 Å². The molecule has 1 amide bonds. The Morgan fingerprint density at radius 2 is 2.22 bits per heavy atom. The first kappa shape index (κ1) is 15.4. The van der Waals surface area contributed by atoms with Crippen LogP contribution in [0.2, 0.25) is 0 Å². The molecule has 0 aliphatic carbocycles. The number of sulfonamides is 1. The van der Waals surface area contributed by atoms with E-state index in [9.17, 15) is 13.2 Å². The van der Waals surface area contributed by atoms with Crippen LogP contribution in [0.25, 0.3) is 0 Å². The topological polar surface area (TPSA) is 86.7 Å². The van der Waals surface area contributed by atoms with Crippen molar-refractivity contribution in [2.45, 2.75) is 45.2 Å². The standard InChI is InChI=1S/C11H22N2O4S/c1-3-7-18(16,17)12-9(2)11(15)13-6-4-5-10(13)8-14/h9-10,12,14H,3-8H2,1-2H3/t9?,10-/m0/s1. The summed E-state index contributed by atoms with van der Waals surface area (Å²) in [4.78, 5) is 13.7. The second-order valence-electron chi connectivity index (χ2n) is 4.67. The fraction of sp³-hybridized carbons (Fsp3) is 0.909. The number of carbonyl (C=O) groups excluding carboxylic acids is 1. The van der Waals surface area contributed by atoms with Gasteiger partial charge >= 0.3 is 0 Å². The number of aliphatic hydroxyl groups excluding tert-OH is 1. The summed E-state index contributed by atoms with van der Waals surface area (Å²) in [5.74, 6) is -0.236. The fourth-order valence-corrected chi connectivity index (χ4v) is 3.51. The molecule has 2 N–H and O–H groups in total. The molecule has 18 heavy (non-hydrogen) atoms. The van der Waals surface area contributed by atoms with Crippen LogP contribution in [0.1, 0.15) is 33.1 Å². The van der Waals surface area contributed by atoms with Gasteiger partial charge in [0.15, 0.2) is 0 Å². The summed E-state index contributed by atoms with van der Waals surface area (Å²) in [7, 11) is -3.39. The molecule has 1 fully saturated rings. The van der Waals surface area contributed by atoms with Gasteiger partial charge < -0.3 is 10.0 Å². The highest BCUT2D eigenvalue weighted by Gasteiger charge is 2.32. The van der Waals surface area contributed by atoms with Crippen LogP contribution >= 0.6 is 0 Å². The summed E-state index contributed by atoms with van der Waals surface area (Å²) >= 11 is 0. The number of carbonyl (C=O) groups is 1. The van der Waals surface area contributed by atoms with Crippen molar-refractivity contribution in [3.8, 4) is 0 Å². The summed E-state index contributed by atoms with van der Waals surface area (Å²) in [5, 5.41) is 9.15. The monoisotopic (exact) mass is 278 g/mol. The molecule has 0 aromatic heterocycles. The van der Waals surface area contributed by atoms with E-state index < -0.39 is 16.1 Å². The molecule has 7 heteroatoms. The van der Waals surface area contributed by atoms with E-state index in [4.69, 9.17) is 5.11 Å². The Labute approximate surface area is 108 Å². The van der Waals surface area contributed by atoms with Crippen LogP contribution in [0, 0.1) is 0 Å². The van der Waals surface area contributed by atoms with Crippen LogP contribution in [0.3, 0.4) is 0 Å². The van der Waals surface area contributed by atoms with Crippen LogP contribution in [-0.4, -0.2) is 55.3 Å². The zero-order valence-electron chi connectivity index (χ0n) is 10.9. The number of rotatable bonds is 6. The molecular weight excluding hydrogens is 256 g/mol. The molecule has 1 saturated heterocycles. The fourth-order valence-electron chi connectivity index (χ4n) is 2.21. The lowest BCUT2D eigenvalue weighted by atomic mass is 10.2. The van der Waals surface area contributed by atoms with Crippen LogP contribution in [-0.2, 0) is 14.8 Å². The first-order valence-corrected chi connectivity index (χ1v) is 7.98. The van der Waals surface area contributed by atoms with Gasteiger partial charge in [-0.05, 0) is 26.2 Å². The van der Waals surface area contributed by atoms with E-state index in [2.05, 4.69) is 4.72 Å². The van der Waals surface area contributed by atoms with E-state index in [0.29, 0.717) is 13.0 Å². The molecule has 1 unspecified atom stereocenters. The van der Waals surface area contributed by atoms with Crippen molar-refractivity contribution < 1.29 is 18.3 Å². The summed E-state index contributed by atoms with van der Waals surface area (Å²) in [5.41, 5.74) is 0. The molecule has 2 atom stereocenters. The maximum Gasteiger partial charge on any atom is 0.240 e. The molecule has 1 aliphatic rings. The average molecular weight is 278 g/mol. The van der Waals surface area contributed by atoms with Crippen LogP contribution in [0.15, 0.2) is 0 Å². The number of nitrogens with one attached hydrogen (secondary N) is 1. The van der Waals surface area contributed by atoms with Crippen molar-refractivity contribution in [3.63, 3.8) is 0 Å². The maximum absolute atomic E-state index is 12.1. The maximum atomic E-state index is 12.1. The minimum atomic E-state index is -3.39. The highest BCUT2D eigenvalue weighted by Crippen LogP contribution is 2.17. The molecule has 106 valence electrons. The molecule has 1 heterocycles. The molecule has 0 spiro atoms. The third-order valence-corrected chi connectivity index (χ3v) is 4.73. The predicted molar refractivity (Wildman–Crippen MR) is 68.5 cm³/mol. The Morgan fingerprint density at radius 3 is 2.78 bits per heavy atom. The van der Waals surface area contributed by atoms with E-state index in [1.165, 1.54) is 0 Å². The van der Waals surface area contributed by atoms with E-state index in [0.717, 1.165) is 12.8 Å². The van der Waals surface area contributed by atoms with Crippen molar-refractivity contribution >= 4 is 15.9 Å². The van der Waals surface area contributed by atoms with Gasteiger partial charge in [0.2, 0.25) is 15.9 Å². The van der Waals surface area contributed by atoms with Crippen molar-refractivity contribution in [2.24, 2.45) is 0 Å². The Kier molecular flexibility index (Phi) is 5.55. The molecule has 6 nitrogen and oxygen atoms in total. The third kappa shape index (κ3) is 3.93. The molecule has 0 aromatic rings. The molecule has 0 bridgehead atoms. The SMILES string of the molecule is CCCS(=O)(=O)NC(C)C(=O)N1CCC[C@H]1CO. The number of likely N-dealkylation sites (tertiary alicyclic amines) is 1. The van der Waals surface area contributed by atoms with Gasteiger partial charge in [-0.15, -0.1) is 0 Å². The first-order valence-electron chi connectivity index (χ1n) is 6.32. The Morgan fingerprint density at radius 1 is 1.56 bits per heavy atom. The molecule has 0 radical (unpaired) electrons. The van der Waals surface area contributed by atoms with Gasteiger partial charge in [-0.3, -0.25) is 4.79 Å². The normalized spacial score (nSPS) is 22.2. The smallest absolute Gasteiger partial charge is 0.240 e. The van der Waals surface area contributed by atoms with Gasteiger partial charge in [0.25, 0.3) is 0 Å². The summed E-state index contributed by atoms with van der Waals surface area (Å²) in [6.07, 6.45) is 2.14. The molecule has 1 rings (SSSR count). The van der Waals surface area contributed by atoms with Crippen molar-refractivity contribution in [3.05, 3.63) is 0 Å². The average Bonchev–Trinajstić information content (AvgIpc) is 2.74. The van der Waals surface area contributed by atoms with E-state index >= 15 is 0 Å². The lowest BCUT2D eigenvalue weighted by Gasteiger charge is -2.26. The van der Waals surface area contributed by atoms with Gasteiger partial charge in [-0.25, -0.2) is 13.1 Å². The Bertz CT molecular complexity index is 383. The first-order chi connectivity index (χ1) is 8.41. The number of nitrogens with zero attached hydrogens (tertiary/aromatic N) is 1. The molecular formula is C11H22N2O4S. The highest BCUT2D eigenvalue weighted by molar-refractivity contribution is 7.89. The zero-order valence-corrected chi connectivity index (χ0v) is 11.7. The van der Waals surface area contributed by atoms with Crippen LogP contribution in [0.5, 0.6) is 0 Å². The number of hydrogen-bond acceptors (Lipinski definition) is 4. The van der Waals surface area contributed by atoms with Gasteiger partial charge in [0.05, 0.1) is 24.4 Å². The minimum Gasteiger partial charge on any atom is -0.394 e. The number of hydrogen-bond donors (Lipinski definition) is 2. The quantitative estimate of drug-likeness (QED) is 0.697. The van der Waals surface area contributed by atoms with Crippen molar-refractivity contribution in [1.29, 1.82) is 0 Å². The van der Waals surface area contributed by atoms with Crippen molar-refractivity contribution in [1.82, 2.24) is 9.62 Å². The van der Waals surface area contributed by atoms with Gasteiger partial charge in [-0.1, -0.05) is 6.92 Å². The number of aliphatic hydroxyl groups is 1. The second kappa shape index (κ2) is 6.49. The lowest BCUT2D eigenvalue weighted by Crippen LogP contribution is -2.49. The molecule has 0 saturated carbocycles. The Balaban J connectivity index is 2.61. The van der Waals surface area contributed by atoms with Gasteiger partial charge in [-0.2, -0.15) is 0 Å². The third-order valence-electron chi connectivity index (χ3n) is 3.07. The summed E-state index contributed by atoms with van der Waals surface area (Å²) < 4.78 is 25.5. The highest BCUT2D eigenvalue weighted by atomic mass is 32.2. The zero-order chi connectivity index (χ0) is 13.8. The summed E-state index contributed by atoms with van der Waals surface area (Å²) in [6.45, 7) is 3.83. The predicted octanol–water partition coefficient (Wildman–Crippen LogP) is -0.312. The summed E-state index contributed by atoms with van der Waals surface area (Å²) in [6, 6.07) is -0.940. The largest absolute Gasteiger partial charge is 0.394 e. The number of amides is 1. The molecule has 0 aromatic carbocycles. The van der Waals surface area contributed by atoms with Crippen molar-refractivity contribution in [2.75, 3.05) is 18.9 Å². The Hall–Kier alpha value is -0.660. The second-order valence-corrected chi connectivity index (χ2v) is 6.54. The minimum absolute atomic E-state index is 0.0219. The van der Waals surface area contributed by atoms with E-state index in [1.807, 2.05) is 0 Å². The van der Waals surface area contributed by atoms with E-state index in [1.54, 1.807) is 18.7 Å². The van der Waals surface area contributed by atoms with Gasteiger partial charge in [0, 0.05) is 6.54 Å². The lowest BCUT2D eigenvalue weighted by molar-refractivity contribution is -0.134.